The fourth-order valence-corrected chi connectivity index (χ4v) is 4.29. The molecule has 2 aromatic rings. The van der Waals surface area contributed by atoms with E-state index in [1.807, 2.05) is 0 Å². The zero-order chi connectivity index (χ0) is 18.2. The largest absolute Gasteiger partial charge is 0.351 e. The number of hydrogen-bond donors (Lipinski definition) is 3. The zero-order valence-corrected chi connectivity index (χ0v) is 14.4. The normalized spacial score (nSPS) is 16.9. The molecule has 0 bridgehead atoms. The van der Waals surface area contributed by atoms with Crippen molar-refractivity contribution in [3.05, 3.63) is 46.6 Å². The average Bonchev–Trinajstić information content (AvgIpc) is 3.00. The van der Waals surface area contributed by atoms with E-state index in [9.17, 15) is 22.4 Å². The van der Waals surface area contributed by atoms with Crippen molar-refractivity contribution in [1.82, 2.24) is 5.32 Å². The highest BCUT2D eigenvalue weighted by atomic mass is 32.2. The van der Waals surface area contributed by atoms with E-state index < -0.39 is 27.7 Å². The van der Waals surface area contributed by atoms with Crippen LogP contribution in [0.2, 0.25) is 0 Å². The minimum atomic E-state index is -3.78. The van der Waals surface area contributed by atoms with Gasteiger partial charge in [0.1, 0.15) is 10.0 Å². The molecule has 10 heteroatoms. The Kier molecular flexibility index (Phi) is 4.58. The number of carbonyl (C=O) groups is 2. The Morgan fingerprint density at radius 3 is 2.80 bits per heavy atom. The molecule has 1 aliphatic heterocycles. The molecule has 0 aliphatic carbocycles. The summed E-state index contributed by atoms with van der Waals surface area (Å²) >= 11 is 0.960. The Morgan fingerprint density at radius 2 is 2.12 bits per heavy atom. The Hall–Kier alpha value is -2.30. The molecule has 2 amide bonds. The smallest absolute Gasteiger partial charge is 0.247 e. The SMILES string of the molecule is NS(=O)(=O)c1ccc(CNC(=O)C2CC(=O)Nc3cc(F)ccc32)s1. The van der Waals surface area contributed by atoms with Crippen molar-refractivity contribution in [3.8, 4) is 0 Å². The maximum Gasteiger partial charge on any atom is 0.247 e. The van der Waals surface area contributed by atoms with Gasteiger partial charge in [0.25, 0.3) is 0 Å². The molecule has 0 saturated carbocycles. The van der Waals surface area contributed by atoms with Gasteiger partial charge in [0.15, 0.2) is 0 Å². The number of anilines is 1. The van der Waals surface area contributed by atoms with Crippen LogP contribution < -0.4 is 15.8 Å². The maximum atomic E-state index is 13.3. The highest BCUT2D eigenvalue weighted by Gasteiger charge is 2.30. The molecule has 7 nitrogen and oxygen atoms in total. The number of halogens is 1. The third-order valence-corrected chi connectivity index (χ3v) is 6.25. The molecule has 0 spiro atoms. The van der Waals surface area contributed by atoms with Crippen LogP contribution in [0.25, 0.3) is 0 Å². The van der Waals surface area contributed by atoms with Gasteiger partial charge < -0.3 is 10.6 Å². The second-order valence-corrected chi connectivity index (χ2v) is 8.48. The number of carbonyl (C=O) groups excluding carboxylic acids is 2. The molecule has 25 heavy (non-hydrogen) atoms. The standard InChI is InChI=1S/C15H14FN3O4S2/c16-8-1-3-10-11(6-13(20)19-12(10)5-8)15(21)18-7-9-2-4-14(24-9)25(17,22)23/h1-5,11H,6-7H2,(H,18,21)(H,19,20)(H2,17,22,23). The van der Waals surface area contributed by atoms with Crippen molar-refractivity contribution in [1.29, 1.82) is 0 Å². The van der Waals surface area contributed by atoms with E-state index in [4.69, 9.17) is 5.14 Å². The van der Waals surface area contributed by atoms with Crippen LogP contribution >= 0.6 is 11.3 Å². The first-order chi connectivity index (χ1) is 11.7. The number of sulfonamides is 1. The maximum absolute atomic E-state index is 13.3. The van der Waals surface area contributed by atoms with Crippen molar-refractivity contribution in [2.24, 2.45) is 5.14 Å². The Bertz CT molecular complexity index is 955. The monoisotopic (exact) mass is 383 g/mol. The number of thiophene rings is 1. The molecule has 3 rings (SSSR count). The van der Waals surface area contributed by atoms with Crippen LogP contribution in [0.4, 0.5) is 10.1 Å². The fraction of sp³-hybridized carbons (Fsp3) is 0.200. The molecule has 1 aromatic carbocycles. The number of rotatable bonds is 4. The molecular weight excluding hydrogens is 369 g/mol. The topological polar surface area (TPSA) is 118 Å². The van der Waals surface area contributed by atoms with Crippen LogP contribution in [0.3, 0.4) is 0 Å². The minimum Gasteiger partial charge on any atom is -0.351 e. The molecule has 0 saturated heterocycles. The van der Waals surface area contributed by atoms with Gasteiger partial charge in [-0.05, 0) is 29.8 Å². The molecule has 0 fully saturated rings. The molecule has 132 valence electrons. The first-order valence-electron chi connectivity index (χ1n) is 7.22. The van der Waals surface area contributed by atoms with Gasteiger partial charge in [-0.15, -0.1) is 11.3 Å². The molecule has 4 N–H and O–H groups in total. The number of nitrogens with one attached hydrogen (secondary N) is 2. The lowest BCUT2D eigenvalue weighted by molar-refractivity contribution is -0.126. The minimum absolute atomic E-state index is 0.00890. The number of hydrogen-bond acceptors (Lipinski definition) is 5. The van der Waals surface area contributed by atoms with Crippen LogP contribution in [0.5, 0.6) is 0 Å². The fourth-order valence-electron chi connectivity index (χ4n) is 2.57. The van der Waals surface area contributed by atoms with Gasteiger partial charge in [-0.1, -0.05) is 6.07 Å². The predicted octanol–water partition coefficient (Wildman–Crippen LogP) is 1.28. The molecule has 1 aliphatic rings. The van der Waals surface area contributed by atoms with Gasteiger partial charge in [0.2, 0.25) is 21.8 Å². The number of benzene rings is 1. The van der Waals surface area contributed by atoms with Gasteiger partial charge >= 0.3 is 0 Å². The summed E-state index contributed by atoms with van der Waals surface area (Å²) in [5.74, 6) is -2.00. The molecule has 0 radical (unpaired) electrons. The number of primary sulfonamides is 1. The Morgan fingerprint density at radius 1 is 1.36 bits per heavy atom. The average molecular weight is 383 g/mol. The third-order valence-electron chi connectivity index (χ3n) is 3.73. The zero-order valence-electron chi connectivity index (χ0n) is 12.8. The van der Waals surface area contributed by atoms with E-state index in [1.54, 1.807) is 6.07 Å². The van der Waals surface area contributed by atoms with Crippen molar-refractivity contribution in [2.45, 2.75) is 23.1 Å². The molecule has 2 heterocycles. The predicted molar refractivity (Wildman–Crippen MR) is 89.9 cm³/mol. The second-order valence-electron chi connectivity index (χ2n) is 5.52. The van der Waals surface area contributed by atoms with E-state index >= 15 is 0 Å². The van der Waals surface area contributed by atoms with Crippen molar-refractivity contribution < 1.29 is 22.4 Å². The van der Waals surface area contributed by atoms with Gasteiger partial charge in [0, 0.05) is 17.0 Å². The summed E-state index contributed by atoms with van der Waals surface area (Å²) in [6, 6.07) is 6.80. The van der Waals surface area contributed by atoms with Crippen LogP contribution in [-0.2, 0) is 26.2 Å². The van der Waals surface area contributed by atoms with E-state index in [2.05, 4.69) is 10.6 Å². The van der Waals surface area contributed by atoms with E-state index in [0.29, 0.717) is 10.4 Å². The summed E-state index contributed by atoms with van der Waals surface area (Å²) in [4.78, 5) is 24.8. The number of amides is 2. The first kappa shape index (κ1) is 17.5. The highest BCUT2D eigenvalue weighted by Crippen LogP contribution is 2.33. The van der Waals surface area contributed by atoms with Gasteiger partial charge in [-0.3, -0.25) is 9.59 Å². The van der Waals surface area contributed by atoms with E-state index in [-0.39, 0.29) is 28.8 Å². The highest BCUT2D eigenvalue weighted by molar-refractivity contribution is 7.91. The van der Waals surface area contributed by atoms with Crippen LogP contribution in [0.15, 0.2) is 34.5 Å². The Balaban J connectivity index is 1.74. The Labute approximate surface area is 147 Å². The van der Waals surface area contributed by atoms with Crippen molar-refractivity contribution in [2.75, 3.05) is 5.32 Å². The lowest BCUT2D eigenvalue weighted by Crippen LogP contribution is -2.34. The van der Waals surface area contributed by atoms with Gasteiger partial charge in [-0.25, -0.2) is 17.9 Å². The summed E-state index contributed by atoms with van der Waals surface area (Å²) in [6.07, 6.45) is -0.0443. The van der Waals surface area contributed by atoms with Crippen LogP contribution in [0.1, 0.15) is 22.8 Å². The summed E-state index contributed by atoms with van der Waals surface area (Å²) in [5.41, 5.74) is 0.818. The summed E-state index contributed by atoms with van der Waals surface area (Å²) in [6.45, 7) is 0.105. The summed E-state index contributed by atoms with van der Waals surface area (Å²) in [5, 5.41) is 10.3. The number of fused-ring (bicyclic) bond motifs is 1. The summed E-state index contributed by atoms with van der Waals surface area (Å²) in [7, 11) is -3.78. The van der Waals surface area contributed by atoms with Gasteiger partial charge in [0.05, 0.1) is 12.5 Å². The molecule has 1 aromatic heterocycles. The first-order valence-corrected chi connectivity index (χ1v) is 9.59. The quantitative estimate of drug-likeness (QED) is 0.737. The lowest BCUT2D eigenvalue weighted by atomic mass is 9.89. The van der Waals surface area contributed by atoms with E-state index in [1.165, 1.54) is 24.3 Å². The van der Waals surface area contributed by atoms with Crippen LogP contribution in [-0.4, -0.2) is 20.2 Å². The molecule has 1 unspecified atom stereocenters. The molecule has 1 atom stereocenters. The second kappa shape index (κ2) is 6.54. The van der Waals surface area contributed by atoms with Crippen LogP contribution in [0, 0.1) is 5.82 Å². The van der Waals surface area contributed by atoms with Gasteiger partial charge in [-0.2, -0.15) is 0 Å². The van der Waals surface area contributed by atoms with E-state index in [0.717, 1.165) is 11.3 Å². The number of nitrogens with two attached hydrogens (primary N) is 1. The van der Waals surface area contributed by atoms with Crippen molar-refractivity contribution in [3.63, 3.8) is 0 Å². The molecular formula is C15H14FN3O4S2. The summed E-state index contributed by atoms with van der Waals surface area (Å²) < 4.78 is 35.8. The third kappa shape index (κ3) is 3.86. The lowest BCUT2D eigenvalue weighted by Gasteiger charge is -2.24. The van der Waals surface area contributed by atoms with Crippen molar-refractivity contribution >= 4 is 38.9 Å².